The normalized spacial score (nSPS) is 15.5. The number of fused-ring (bicyclic) bond motifs is 3. The summed E-state index contributed by atoms with van der Waals surface area (Å²) < 4.78 is 7.69. The molecule has 35 heavy (non-hydrogen) atoms. The molecular formula is C27H25ClN2O3S2. The van der Waals surface area contributed by atoms with Crippen molar-refractivity contribution in [3.05, 3.63) is 85.5 Å². The predicted octanol–water partition coefficient (Wildman–Crippen LogP) is 6.48. The second-order valence-corrected chi connectivity index (χ2v) is 11.5. The minimum Gasteiger partial charge on any atom is -0.372 e. The maximum absolute atomic E-state index is 14.0. The third kappa shape index (κ3) is 4.83. The number of ketones is 1. The van der Waals surface area contributed by atoms with Gasteiger partial charge in [0.1, 0.15) is 4.83 Å². The summed E-state index contributed by atoms with van der Waals surface area (Å²) in [5, 5.41) is 1.77. The van der Waals surface area contributed by atoms with Crippen molar-refractivity contribution in [1.29, 1.82) is 0 Å². The van der Waals surface area contributed by atoms with Crippen LogP contribution in [0.4, 0.5) is 0 Å². The highest BCUT2D eigenvalue weighted by Gasteiger charge is 2.29. The molecule has 0 spiro atoms. The van der Waals surface area contributed by atoms with Crippen LogP contribution in [-0.4, -0.2) is 27.2 Å². The molecule has 0 bridgehead atoms. The van der Waals surface area contributed by atoms with E-state index >= 15 is 0 Å². The van der Waals surface area contributed by atoms with Gasteiger partial charge in [-0.25, -0.2) is 4.98 Å². The molecule has 180 valence electrons. The molecular weight excluding hydrogens is 500 g/mol. The zero-order valence-corrected chi connectivity index (χ0v) is 22.1. The quantitative estimate of drug-likeness (QED) is 0.164. The fourth-order valence-electron chi connectivity index (χ4n) is 4.20. The largest absolute Gasteiger partial charge is 0.372 e. The second kappa shape index (κ2) is 9.90. The van der Waals surface area contributed by atoms with Crippen LogP contribution in [0.15, 0.2) is 58.5 Å². The molecule has 5 nitrogen and oxygen atoms in total. The van der Waals surface area contributed by atoms with E-state index in [9.17, 15) is 9.59 Å². The first kappa shape index (κ1) is 24.3. The van der Waals surface area contributed by atoms with Crippen molar-refractivity contribution in [2.45, 2.75) is 45.1 Å². The molecule has 4 aromatic rings. The Hall–Kier alpha value is -2.45. The second-order valence-electron chi connectivity index (χ2n) is 9.07. The topological polar surface area (TPSA) is 61.2 Å². The van der Waals surface area contributed by atoms with Crippen molar-refractivity contribution in [2.24, 2.45) is 5.92 Å². The smallest absolute Gasteiger partial charge is 0.267 e. The van der Waals surface area contributed by atoms with Gasteiger partial charge in [0.15, 0.2) is 10.9 Å². The van der Waals surface area contributed by atoms with Crippen LogP contribution in [0.1, 0.15) is 40.2 Å². The number of thiophene rings is 1. The summed E-state index contributed by atoms with van der Waals surface area (Å²) in [5.41, 5.74) is 3.39. The first-order chi connectivity index (χ1) is 16.8. The highest BCUT2D eigenvalue weighted by Crippen LogP contribution is 2.36. The molecule has 0 radical (unpaired) electrons. The van der Waals surface area contributed by atoms with E-state index in [4.69, 9.17) is 21.3 Å². The van der Waals surface area contributed by atoms with Gasteiger partial charge in [0.2, 0.25) is 0 Å². The van der Waals surface area contributed by atoms with E-state index in [0.717, 1.165) is 21.7 Å². The van der Waals surface area contributed by atoms with E-state index in [0.29, 0.717) is 44.9 Å². The van der Waals surface area contributed by atoms with Gasteiger partial charge in [0, 0.05) is 21.9 Å². The van der Waals surface area contributed by atoms with Crippen molar-refractivity contribution >= 4 is 50.7 Å². The monoisotopic (exact) mass is 524 g/mol. The van der Waals surface area contributed by atoms with Crippen LogP contribution in [0.3, 0.4) is 0 Å². The standard InChI is InChI=1S/C27H25ClN2O3S2/c1-15(2)22-12-20-23(13-33-22)35-25-24(20)26(32)30(19-10-4-16(3)5-11-19)27(29-25)34-14-21(31)17-6-8-18(28)9-7-17/h4-11,15,22H,12-14H2,1-3H3/t22-/m1/s1. The van der Waals surface area contributed by atoms with E-state index < -0.39 is 0 Å². The third-order valence-electron chi connectivity index (χ3n) is 6.25. The zero-order chi connectivity index (χ0) is 24.7. The molecule has 0 unspecified atom stereocenters. The number of halogens is 1. The number of ether oxygens (including phenoxy) is 1. The molecule has 0 aliphatic carbocycles. The van der Waals surface area contributed by atoms with Crippen molar-refractivity contribution in [3.8, 4) is 5.69 Å². The lowest BCUT2D eigenvalue weighted by molar-refractivity contribution is 0.00200. The third-order valence-corrected chi connectivity index (χ3v) is 8.54. The molecule has 0 saturated heterocycles. The van der Waals surface area contributed by atoms with Gasteiger partial charge in [-0.2, -0.15) is 0 Å². The first-order valence-corrected chi connectivity index (χ1v) is 13.7. The van der Waals surface area contributed by atoms with E-state index in [2.05, 4.69) is 13.8 Å². The van der Waals surface area contributed by atoms with Crippen LogP contribution in [0.25, 0.3) is 15.9 Å². The number of aryl methyl sites for hydroxylation is 1. The fraction of sp³-hybridized carbons (Fsp3) is 0.296. The Bertz CT molecular complexity index is 1460. The number of hydrogen-bond donors (Lipinski definition) is 0. The number of nitrogens with zero attached hydrogens (tertiary/aromatic N) is 2. The molecule has 0 N–H and O–H groups in total. The Morgan fingerprint density at radius 3 is 2.60 bits per heavy atom. The van der Waals surface area contributed by atoms with Crippen molar-refractivity contribution < 1.29 is 9.53 Å². The molecule has 8 heteroatoms. The van der Waals surface area contributed by atoms with Gasteiger partial charge in [0.05, 0.1) is 29.5 Å². The Morgan fingerprint density at radius 2 is 1.91 bits per heavy atom. The van der Waals surface area contributed by atoms with E-state index in [1.165, 1.54) is 23.1 Å². The molecule has 1 aliphatic heterocycles. The van der Waals surface area contributed by atoms with Gasteiger partial charge in [-0.3, -0.25) is 14.2 Å². The number of aromatic nitrogens is 2. The summed E-state index contributed by atoms with van der Waals surface area (Å²) >= 11 is 8.76. The van der Waals surface area contributed by atoms with Gasteiger partial charge in [-0.05, 0) is 54.8 Å². The number of carbonyl (C=O) groups is 1. The van der Waals surface area contributed by atoms with Crippen LogP contribution >= 0.6 is 34.7 Å². The lowest BCUT2D eigenvalue weighted by atomic mass is 9.96. The minimum absolute atomic E-state index is 0.0462. The Kier molecular flexibility index (Phi) is 6.86. The molecule has 1 aliphatic rings. The van der Waals surface area contributed by atoms with Gasteiger partial charge >= 0.3 is 0 Å². The minimum atomic E-state index is -0.0952. The van der Waals surface area contributed by atoms with Crippen molar-refractivity contribution in [2.75, 3.05) is 5.75 Å². The van der Waals surface area contributed by atoms with Crippen LogP contribution in [-0.2, 0) is 17.8 Å². The highest BCUT2D eigenvalue weighted by molar-refractivity contribution is 7.99. The predicted molar refractivity (Wildman–Crippen MR) is 144 cm³/mol. The van der Waals surface area contributed by atoms with Gasteiger partial charge in [-0.1, -0.05) is 54.9 Å². The Balaban J connectivity index is 1.59. The van der Waals surface area contributed by atoms with Crippen molar-refractivity contribution in [3.63, 3.8) is 0 Å². The van der Waals surface area contributed by atoms with E-state index in [1.807, 2.05) is 31.2 Å². The zero-order valence-electron chi connectivity index (χ0n) is 19.7. The SMILES string of the molecule is Cc1ccc(-n2c(SCC(=O)c3ccc(Cl)cc3)nc3sc4c(c3c2=O)C[C@H](C(C)C)OC4)cc1. The maximum Gasteiger partial charge on any atom is 0.267 e. The highest BCUT2D eigenvalue weighted by atomic mass is 35.5. The molecule has 2 aromatic heterocycles. The molecule has 0 saturated carbocycles. The first-order valence-electron chi connectivity index (χ1n) is 11.5. The Labute approximate surface area is 217 Å². The van der Waals surface area contributed by atoms with Crippen LogP contribution in [0.2, 0.25) is 5.02 Å². The number of Topliss-reactive ketones (excluding diaryl/α,β-unsaturated/α-hetero) is 1. The van der Waals surface area contributed by atoms with Crippen molar-refractivity contribution in [1.82, 2.24) is 9.55 Å². The average Bonchev–Trinajstić information content (AvgIpc) is 3.21. The van der Waals surface area contributed by atoms with E-state index in [1.54, 1.807) is 28.8 Å². The lowest BCUT2D eigenvalue weighted by Gasteiger charge is -2.26. The summed E-state index contributed by atoms with van der Waals surface area (Å²) in [6.07, 6.45) is 0.790. The average molecular weight is 525 g/mol. The summed E-state index contributed by atoms with van der Waals surface area (Å²) in [6, 6.07) is 14.6. The summed E-state index contributed by atoms with van der Waals surface area (Å²) in [6.45, 7) is 6.79. The number of hydrogen-bond acceptors (Lipinski definition) is 6. The molecule has 2 aromatic carbocycles. The summed E-state index contributed by atoms with van der Waals surface area (Å²) in [7, 11) is 0. The molecule has 0 fully saturated rings. The lowest BCUT2D eigenvalue weighted by Crippen LogP contribution is -2.28. The van der Waals surface area contributed by atoms with Gasteiger partial charge in [-0.15, -0.1) is 11.3 Å². The number of carbonyl (C=O) groups excluding carboxylic acids is 1. The van der Waals surface area contributed by atoms with Crippen LogP contribution in [0, 0.1) is 12.8 Å². The number of rotatable bonds is 6. The van der Waals surface area contributed by atoms with E-state index in [-0.39, 0.29) is 23.2 Å². The number of thioether (sulfide) groups is 1. The van der Waals surface area contributed by atoms with Gasteiger partial charge in [0.25, 0.3) is 5.56 Å². The van der Waals surface area contributed by atoms with Crippen LogP contribution < -0.4 is 5.56 Å². The molecule has 0 amide bonds. The molecule has 3 heterocycles. The van der Waals surface area contributed by atoms with Crippen LogP contribution in [0.5, 0.6) is 0 Å². The molecule has 1 atom stereocenters. The van der Waals surface area contributed by atoms with Gasteiger partial charge < -0.3 is 4.74 Å². The Morgan fingerprint density at radius 1 is 1.20 bits per heavy atom. The molecule has 5 rings (SSSR count). The maximum atomic E-state index is 14.0. The number of benzene rings is 2. The summed E-state index contributed by atoms with van der Waals surface area (Å²) in [5.74, 6) is 0.476. The fourth-order valence-corrected chi connectivity index (χ4v) is 6.40. The summed E-state index contributed by atoms with van der Waals surface area (Å²) in [4.78, 5) is 33.5.